The van der Waals surface area contributed by atoms with Gasteiger partial charge >= 0.3 is 0 Å². The molecule has 2 aromatic heterocycles. The molecule has 32 heavy (non-hydrogen) atoms. The van der Waals surface area contributed by atoms with E-state index in [1.807, 2.05) is 6.07 Å². The third-order valence-electron chi connectivity index (χ3n) is 5.45. The smallest absolute Gasteiger partial charge is 0.244 e. The molecule has 1 unspecified atom stereocenters. The number of morpholine rings is 1. The van der Waals surface area contributed by atoms with Gasteiger partial charge in [0.05, 0.1) is 37.6 Å². The Morgan fingerprint density at radius 1 is 1.25 bits per heavy atom. The lowest BCUT2D eigenvalue weighted by molar-refractivity contribution is -0.136. The predicted molar refractivity (Wildman–Crippen MR) is 117 cm³/mol. The van der Waals surface area contributed by atoms with Gasteiger partial charge in [-0.05, 0) is 25.1 Å². The SMILES string of the molecule is COc1cc2nn(CC(=O)N3CCOCC3)cc2cc1CC(=O)c1cccc(C(C)O)n1. The number of rotatable bonds is 7. The van der Waals surface area contributed by atoms with Gasteiger partial charge in [-0.1, -0.05) is 6.07 Å². The number of ether oxygens (including phenoxy) is 2. The van der Waals surface area contributed by atoms with Gasteiger partial charge in [-0.2, -0.15) is 5.10 Å². The number of nitrogens with zero attached hydrogens (tertiary/aromatic N) is 4. The highest BCUT2D eigenvalue weighted by atomic mass is 16.5. The van der Waals surface area contributed by atoms with Gasteiger partial charge in [-0.25, -0.2) is 4.98 Å². The number of aliphatic hydroxyl groups is 1. The van der Waals surface area contributed by atoms with Crippen LogP contribution in [0.25, 0.3) is 10.9 Å². The largest absolute Gasteiger partial charge is 0.496 e. The number of ketones is 1. The second-order valence-electron chi connectivity index (χ2n) is 7.77. The molecule has 1 aliphatic heterocycles. The summed E-state index contributed by atoms with van der Waals surface area (Å²) in [5, 5.41) is 15.0. The Labute approximate surface area is 185 Å². The summed E-state index contributed by atoms with van der Waals surface area (Å²) < 4.78 is 12.4. The Balaban J connectivity index is 1.55. The topological polar surface area (TPSA) is 107 Å². The first-order valence-corrected chi connectivity index (χ1v) is 10.5. The molecule has 1 aliphatic rings. The predicted octanol–water partition coefficient (Wildman–Crippen LogP) is 1.78. The molecule has 3 heterocycles. The summed E-state index contributed by atoms with van der Waals surface area (Å²) in [5.74, 6) is 0.356. The molecule has 0 spiro atoms. The third-order valence-corrected chi connectivity index (χ3v) is 5.45. The monoisotopic (exact) mass is 438 g/mol. The Bertz CT molecular complexity index is 1130. The molecule has 1 N–H and O–H groups in total. The van der Waals surface area contributed by atoms with Gasteiger partial charge in [0.15, 0.2) is 5.78 Å². The van der Waals surface area contributed by atoms with Crippen LogP contribution in [0.5, 0.6) is 5.75 Å². The molecular formula is C23H26N4O5. The van der Waals surface area contributed by atoms with Crippen molar-refractivity contribution in [2.45, 2.75) is 26.0 Å². The number of benzene rings is 1. The highest BCUT2D eigenvalue weighted by molar-refractivity contribution is 5.97. The molecule has 3 aromatic rings. The van der Waals surface area contributed by atoms with E-state index in [1.165, 1.54) is 0 Å². The van der Waals surface area contributed by atoms with Gasteiger partial charge in [0.1, 0.15) is 18.0 Å². The summed E-state index contributed by atoms with van der Waals surface area (Å²) in [7, 11) is 1.54. The second kappa shape index (κ2) is 9.46. The summed E-state index contributed by atoms with van der Waals surface area (Å²) in [6.45, 7) is 4.02. The summed E-state index contributed by atoms with van der Waals surface area (Å²) in [6, 6.07) is 8.65. The lowest BCUT2D eigenvalue weighted by atomic mass is 10.0. The van der Waals surface area contributed by atoms with Crippen molar-refractivity contribution in [3.8, 4) is 5.75 Å². The fourth-order valence-electron chi connectivity index (χ4n) is 3.71. The van der Waals surface area contributed by atoms with Crippen LogP contribution in [0.15, 0.2) is 36.5 Å². The van der Waals surface area contributed by atoms with Crippen molar-refractivity contribution < 1.29 is 24.2 Å². The number of methoxy groups -OCH3 is 1. The number of amides is 1. The molecule has 0 aliphatic carbocycles. The summed E-state index contributed by atoms with van der Waals surface area (Å²) in [5.41, 5.74) is 2.12. The van der Waals surface area contributed by atoms with Gasteiger partial charge in [0.25, 0.3) is 0 Å². The van der Waals surface area contributed by atoms with Crippen molar-refractivity contribution >= 4 is 22.6 Å². The van der Waals surface area contributed by atoms with Crippen molar-refractivity contribution in [3.63, 3.8) is 0 Å². The first-order valence-electron chi connectivity index (χ1n) is 10.5. The van der Waals surface area contributed by atoms with Crippen LogP contribution in [0.3, 0.4) is 0 Å². The first-order chi connectivity index (χ1) is 15.4. The van der Waals surface area contributed by atoms with Gasteiger partial charge in [-0.15, -0.1) is 0 Å². The number of hydrogen-bond donors (Lipinski definition) is 1. The maximum atomic E-state index is 12.8. The normalized spacial score (nSPS) is 15.0. The van der Waals surface area contributed by atoms with Gasteiger partial charge in [0.2, 0.25) is 5.91 Å². The van der Waals surface area contributed by atoms with Gasteiger partial charge < -0.3 is 19.5 Å². The minimum atomic E-state index is -0.750. The number of aliphatic hydroxyl groups excluding tert-OH is 1. The Morgan fingerprint density at radius 2 is 2.03 bits per heavy atom. The van der Waals surface area contributed by atoms with E-state index in [-0.39, 0.29) is 30.3 Å². The van der Waals surface area contributed by atoms with E-state index in [0.717, 1.165) is 5.39 Å². The number of aromatic nitrogens is 3. The fourth-order valence-corrected chi connectivity index (χ4v) is 3.71. The summed E-state index contributed by atoms with van der Waals surface area (Å²) in [4.78, 5) is 31.4. The number of carbonyl (C=O) groups is 2. The molecule has 1 atom stereocenters. The molecule has 1 saturated heterocycles. The molecule has 1 amide bonds. The first kappa shape index (κ1) is 21.9. The maximum absolute atomic E-state index is 12.8. The standard InChI is InChI=1S/C23H26N4O5/c1-15(28)18-4-3-5-19(24-18)21(29)11-16-10-17-13-27(25-20(17)12-22(16)31-2)14-23(30)26-6-8-32-9-7-26/h3-5,10,12-13,15,28H,6-9,11,14H2,1-2H3. The van der Waals surface area contributed by atoms with E-state index in [0.29, 0.717) is 48.8 Å². The molecule has 0 saturated carbocycles. The van der Waals surface area contributed by atoms with E-state index < -0.39 is 6.10 Å². The Kier molecular flexibility index (Phi) is 6.48. The lowest BCUT2D eigenvalue weighted by Gasteiger charge is -2.26. The van der Waals surface area contributed by atoms with E-state index in [4.69, 9.17) is 9.47 Å². The van der Waals surface area contributed by atoms with Crippen molar-refractivity contribution in [1.29, 1.82) is 0 Å². The van der Waals surface area contributed by atoms with Crippen molar-refractivity contribution in [1.82, 2.24) is 19.7 Å². The van der Waals surface area contributed by atoms with Crippen LogP contribution in [-0.2, 0) is 22.5 Å². The highest BCUT2D eigenvalue weighted by Gasteiger charge is 2.19. The minimum Gasteiger partial charge on any atom is -0.496 e. The molecule has 168 valence electrons. The molecule has 1 aromatic carbocycles. The zero-order valence-electron chi connectivity index (χ0n) is 18.2. The van der Waals surface area contributed by atoms with Crippen LogP contribution >= 0.6 is 0 Å². The third kappa shape index (κ3) is 4.79. The van der Waals surface area contributed by atoms with Crippen LogP contribution in [0.4, 0.5) is 0 Å². The van der Waals surface area contributed by atoms with E-state index in [1.54, 1.807) is 54.1 Å². The molecule has 0 radical (unpaired) electrons. The molecule has 9 nitrogen and oxygen atoms in total. The molecule has 0 bridgehead atoms. The number of carbonyl (C=O) groups excluding carboxylic acids is 2. The number of Topliss-reactive ketones (excluding diaryl/α,β-unsaturated/α-hetero) is 1. The maximum Gasteiger partial charge on any atom is 0.244 e. The van der Waals surface area contributed by atoms with Crippen molar-refractivity contribution in [2.75, 3.05) is 33.4 Å². The van der Waals surface area contributed by atoms with Crippen LogP contribution in [0.1, 0.15) is 34.8 Å². The van der Waals surface area contributed by atoms with Gasteiger partial charge in [-0.3, -0.25) is 14.3 Å². The quantitative estimate of drug-likeness (QED) is 0.561. The van der Waals surface area contributed by atoms with E-state index in [9.17, 15) is 14.7 Å². The lowest BCUT2D eigenvalue weighted by Crippen LogP contribution is -2.42. The molecular weight excluding hydrogens is 412 g/mol. The fraction of sp³-hybridized carbons (Fsp3) is 0.391. The van der Waals surface area contributed by atoms with E-state index >= 15 is 0 Å². The van der Waals surface area contributed by atoms with Crippen molar-refractivity contribution in [2.24, 2.45) is 0 Å². The zero-order chi connectivity index (χ0) is 22.7. The average Bonchev–Trinajstić information content (AvgIpc) is 3.20. The molecule has 4 rings (SSSR count). The summed E-state index contributed by atoms with van der Waals surface area (Å²) in [6.07, 6.45) is 1.14. The number of pyridine rings is 1. The average molecular weight is 438 g/mol. The number of hydrogen-bond acceptors (Lipinski definition) is 7. The van der Waals surface area contributed by atoms with Crippen LogP contribution in [0, 0.1) is 0 Å². The van der Waals surface area contributed by atoms with Crippen molar-refractivity contribution in [3.05, 3.63) is 53.5 Å². The second-order valence-corrected chi connectivity index (χ2v) is 7.77. The molecule has 1 fully saturated rings. The van der Waals surface area contributed by atoms with E-state index in [2.05, 4.69) is 10.1 Å². The van der Waals surface area contributed by atoms with Gasteiger partial charge in [0, 0.05) is 42.7 Å². The number of fused-ring (bicyclic) bond motifs is 1. The minimum absolute atomic E-state index is 0.00691. The summed E-state index contributed by atoms with van der Waals surface area (Å²) >= 11 is 0. The van der Waals surface area contributed by atoms with Crippen LogP contribution < -0.4 is 4.74 Å². The molecule has 9 heteroatoms. The zero-order valence-corrected chi connectivity index (χ0v) is 18.2. The van der Waals surface area contributed by atoms with Crippen LogP contribution in [-0.4, -0.2) is 69.9 Å². The highest BCUT2D eigenvalue weighted by Crippen LogP contribution is 2.26. The Hall–Kier alpha value is -3.30. The van der Waals surface area contributed by atoms with Crippen LogP contribution in [0.2, 0.25) is 0 Å². The Morgan fingerprint density at radius 3 is 2.75 bits per heavy atom.